The van der Waals surface area contributed by atoms with Gasteiger partial charge < -0.3 is 14.5 Å². The highest BCUT2D eigenvalue weighted by molar-refractivity contribution is 5.90. The minimum Gasteiger partial charge on any atom is -0.453 e. The molecule has 3 nitrogen and oxygen atoms in total. The van der Waals surface area contributed by atoms with Gasteiger partial charge in [0.25, 0.3) is 0 Å². The molecule has 6 aromatic carbocycles. The van der Waals surface area contributed by atoms with Gasteiger partial charge in [0, 0.05) is 28.4 Å². The summed E-state index contributed by atoms with van der Waals surface area (Å²) in [7, 11) is 0. The van der Waals surface area contributed by atoms with Gasteiger partial charge in [-0.25, -0.2) is 0 Å². The zero-order valence-corrected chi connectivity index (χ0v) is 29.3. The standard InChI is InChI=1S/C49H38N2O/c1-49(2)41-31-34(20-19-33-21-26-37(27-22-33)50-43-13-5-3-11-35(43)24-25-36-12-4-6-14-44(36)50)23-29-39(41)40-30-28-38(32-42(40)49)51-45-15-7-9-17-47(45)52-48-18-10-8-16-46(48)51/h3-32,35,43H,1-2H3/b20-19+. The fraction of sp³-hybridized carbons (Fsp3) is 0.102. The summed E-state index contributed by atoms with van der Waals surface area (Å²) in [5, 5.41) is 0. The number of nitrogens with zero attached hydrogens (tertiary/aromatic N) is 2. The second-order valence-electron chi connectivity index (χ2n) is 14.6. The zero-order chi connectivity index (χ0) is 34.8. The van der Waals surface area contributed by atoms with Crippen LogP contribution in [0.3, 0.4) is 0 Å². The lowest BCUT2D eigenvalue weighted by molar-refractivity contribution is 0.477. The van der Waals surface area contributed by atoms with Gasteiger partial charge in [0.2, 0.25) is 0 Å². The Hall–Kier alpha value is -6.32. The summed E-state index contributed by atoms with van der Waals surface area (Å²) >= 11 is 0. The van der Waals surface area contributed by atoms with Gasteiger partial charge >= 0.3 is 0 Å². The Morgan fingerprint density at radius 1 is 0.558 bits per heavy atom. The smallest absolute Gasteiger partial charge is 0.151 e. The predicted molar refractivity (Wildman–Crippen MR) is 217 cm³/mol. The molecule has 0 radical (unpaired) electrons. The van der Waals surface area contributed by atoms with Crippen LogP contribution in [0.4, 0.5) is 28.4 Å². The Bertz CT molecular complexity index is 2450. The van der Waals surface area contributed by atoms with Crippen LogP contribution in [0.15, 0.2) is 164 Å². The molecule has 2 heterocycles. The van der Waals surface area contributed by atoms with Crippen molar-refractivity contribution in [2.24, 2.45) is 5.92 Å². The minimum atomic E-state index is -0.156. The van der Waals surface area contributed by atoms with Crippen LogP contribution in [0.2, 0.25) is 0 Å². The molecule has 0 saturated heterocycles. The molecule has 10 rings (SSSR count). The van der Waals surface area contributed by atoms with E-state index in [0.29, 0.717) is 5.92 Å². The van der Waals surface area contributed by atoms with Crippen LogP contribution in [0.1, 0.15) is 41.7 Å². The first-order valence-corrected chi connectivity index (χ1v) is 18.2. The molecule has 2 aliphatic heterocycles. The fourth-order valence-electron chi connectivity index (χ4n) is 8.49. The number of ether oxygens (including phenoxy) is 1. The molecule has 0 aromatic heterocycles. The lowest BCUT2D eigenvalue weighted by atomic mass is 9.81. The molecule has 0 bridgehead atoms. The van der Waals surface area contributed by atoms with Crippen LogP contribution < -0.4 is 14.5 Å². The molecule has 0 fully saturated rings. The summed E-state index contributed by atoms with van der Waals surface area (Å²) in [6, 6.07) is 48.4. The average Bonchev–Trinajstić information content (AvgIpc) is 3.29. The molecule has 52 heavy (non-hydrogen) atoms. The third-order valence-corrected chi connectivity index (χ3v) is 11.2. The second-order valence-corrected chi connectivity index (χ2v) is 14.6. The first-order valence-electron chi connectivity index (χ1n) is 18.2. The molecule has 3 heteroatoms. The van der Waals surface area contributed by atoms with Crippen LogP contribution in [-0.2, 0) is 5.41 Å². The Morgan fingerprint density at radius 3 is 1.92 bits per heavy atom. The normalized spacial score (nSPS) is 18.5. The van der Waals surface area contributed by atoms with Crippen LogP contribution in [0, 0.1) is 5.92 Å². The number of hydrogen-bond acceptors (Lipinski definition) is 3. The second kappa shape index (κ2) is 11.9. The van der Waals surface area contributed by atoms with Gasteiger partial charge in [-0.2, -0.15) is 0 Å². The molecule has 250 valence electrons. The molecule has 6 aromatic rings. The maximum atomic E-state index is 6.29. The Kier molecular flexibility index (Phi) is 6.97. The van der Waals surface area contributed by atoms with Gasteiger partial charge in [-0.05, 0) is 93.5 Å². The van der Waals surface area contributed by atoms with Gasteiger partial charge in [0.15, 0.2) is 11.5 Å². The summed E-state index contributed by atoms with van der Waals surface area (Å²) in [5.41, 5.74) is 14.5. The summed E-state index contributed by atoms with van der Waals surface area (Å²) in [6.45, 7) is 4.71. The van der Waals surface area contributed by atoms with E-state index in [-0.39, 0.29) is 11.5 Å². The maximum Gasteiger partial charge on any atom is 0.151 e. The van der Waals surface area contributed by atoms with E-state index in [4.69, 9.17) is 4.74 Å². The highest BCUT2D eigenvalue weighted by Crippen LogP contribution is 2.54. The molecule has 0 spiro atoms. The van der Waals surface area contributed by atoms with E-state index in [9.17, 15) is 0 Å². The molecule has 0 N–H and O–H groups in total. The van der Waals surface area contributed by atoms with Crippen molar-refractivity contribution in [3.05, 3.63) is 192 Å². The van der Waals surface area contributed by atoms with Crippen LogP contribution in [-0.4, -0.2) is 6.04 Å². The average molecular weight is 671 g/mol. The fourth-order valence-corrected chi connectivity index (χ4v) is 8.49. The van der Waals surface area contributed by atoms with Gasteiger partial charge in [0.05, 0.1) is 17.4 Å². The maximum absolute atomic E-state index is 6.29. The molecular weight excluding hydrogens is 633 g/mol. The molecule has 4 aliphatic rings. The lowest BCUT2D eigenvalue weighted by Crippen LogP contribution is -2.35. The zero-order valence-electron chi connectivity index (χ0n) is 29.3. The number of para-hydroxylation sites is 5. The number of benzene rings is 6. The molecule has 2 unspecified atom stereocenters. The summed E-state index contributed by atoms with van der Waals surface area (Å²) < 4.78 is 6.29. The van der Waals surface area contributed by atoms with Crippen LogP contribution >= 0.6 is 0 Å². The van der Waals surface area contributed by atoms with Crippen molar-refractivity contribution in [3.8, 4) is 22.6 Å². The number of anilines is 5. The van der Waals surface area contributed by atoms with Crippen molar-refractivity contribution in [1.29, 1.82) is 0 Å². The Morgan fingerprint density at radius 2 is 1.15 bits per heavy atom. The van der Waals surface area contributed by atoms with Crippen molar-refractivity contribution in [2.45, 2.75) is 25.3 Å². The quantitative estimate of drug-likeness (QED) is 0.173. The van der Waals surface area contributed by atoms with Crippen molar-refractivity contribution in [1.82, 2.24) is 0 Å². The van der Waals surface area contributed by atoms with Crippen LogP contribution in [0.5, 0.6) is 11.5 Å². The van der Waals surface area contributed by atoms with E-state index >= 15 is 0 Å². The Labute approximate surface area is 305 Å². The van der Waals surface area contributed by atoms with Crippen molar-refractivity contribution in [3.63, 3.8) is 0 Å². The molecule has 0 saturated carbocycles. The SMILES string of the molecule is CC1(C)c2cc(/C=C/c3ccc(N4c5ccccc5C=CC5C=CC=CC54)cc3)ccc2-c2ccc(N3c4ccccc4Oc4ccccc43)cc21. The van der Waals surface area contributed by atoms with E-state index in [0.717, 1.165) is 28.6 Å². The van der Waals surface area contributed by atoms with Gasteiger partial charge in [-0.15, -0.1) is 0 Å². The molecule has 2 atom stereocenters. The summed E-state index contributed by atoms with van der Waals surface area (Å²) in [5.74, 6) is 2.06. The van der Waals surface area contributed by atoms with Gasteiger partial charge in [-0.3, -0.25) is 0 Å². The van der Waals surface area contributed by atoms with Crippen molar-refractivity contribution in [2.75, 3.05) is 9.80 Å². The largest absolute Gasteiger partial charge is 0.453 e. The highest BCUT2D eigenvalue weighted by Gasteiger charge is 2.37. The van der Waals surface area contributed by atoms with E-state index in [1.807, 2.05) is 24.3 Å². The Balaban J connectivity index is 0.940. The topological polar surface area (TPSA) is 15.7 Å². The number of allylic oxidation sites excluding steroid dienone is 2. The minimum absolute atomic E-state index is 0.156. The highest BCUT2D eigenvalue weighted by atomic mass is 16.5. The third-order valence-electron chi connectivity index (χ3n) is 11.2. The van der Waals surface area contributed by atoms with Crippen molar-refractivity contribution < 1.29 is 4.74 Å². The predicted octanol–water partition coefficient (Wildman–Crippen LogP) is 13.0. The van der Waals surface area contributed by atoms with Gasteiger partial charge in [-0.1, -0.05) is 141 Å². The molecular formula is C49H38N2O. The first kappa shape index (κ1) is 30.5. The summed E-state index contributed by atoms with van der Waals surface area (Å²) in [4.78, 5) is 4.81. The van der Waals surface area contributed by atoms with Gasteiger partial charge in [0.1, 0.15) is 0 Å². The van der Waals surface area contributed by atoms with Crippen molar-refractivity contribution >= 4 is 46.7 Å². The lowest BCUT2D eigenvalue weighted by Gasteiger charge is -2.35. The molecule has 2 aliphatic carbocycles. The third kappa shape index (κ3) is 4.88. The van der Waals surface area contributed by atoms with Crippen LogP contribution in [0.25, 0.3) is 29.4 Å². The van der Waals surface area contributed by atoms with E-state index in [1.165, 1.54) is 50.3 Å². The molecule has 0 amide bonds. The monoisotopic (exact) mass is 670 g/mol. The van der Waals surface area contributed by atoms with E-state index in [2.05, 4.69) is 181 Å². The number of rotatable bonds is 4. The number of fused-ring (bicyclic) bond motifs is 7. The van der Waals surface area contributed by atoms with E-state index < -0.39 is 0 Å². The first-order chi connectivity index (χ1) is 25.5. The number of hydrogen-bond donors (Lipinski definition) is 0. The van der Waals surface area contributed by atoms with E-state index in [1.54, 1.807) is 0 Å². The summed E-state index contributed by atoms with van der Waals surface area (Å²) in [6.07, 6.45) is 18.0.